The number of hydrogen-bond donors (Lipinski definition) is 1. The molecule has 0 aromatic carbocycles. The number of carbonyl (C=O) groups excluding carboxylic acids is 1. The maximum atomic E-state index is 12.7. The highest BCUT2D eigenvalue weighted by atomic mass is 16.3. The molecule has 0 aliphatic carbocycles. The third kappa shape index (κ3) is 5.06. The fourth-order valence-electron chi connectivity index (χ4n) is 2.84. The van der Waals surface area contributed by atoms with Crippen molar-refractivity contribution < 1.29 is 9.90 Å². The second-order valence-corrected chi connectivity index (χ2v) is 7.59. The third-order valence-corrected chi connectivity index (χ3v) is 3.87. The van der Waals surface area contributed by atoms with Crippen molar-refractivity contribution in [2.24, 2.45) is 11.8 Å². The zero-order valence-corrected chi connectivity index (χ0v) is 14.0. The molecule has 1 amide bonds. The van der Waals surface area contributed by atoms with Crippen LogP contribution in [0.2, 0.25) is 0 Å². The van der Waals surface area contributed by atoms with E-state index in [2.05, 4.69) is 39.5 Å². The molecule has 1 fully saturated rings. The van der Waals surface area contributed by atoms with Gasteiger partial charge in [0.1, 0.15) is 0 Å². The van der Waals surface area contributed by atoms with E-state index in [4.69, 9.17) is 0 Å². The summed E-state index contributed by atoms with van der Waals surface area (Å²) in [5.74, 6) is 0.732. The monoisotopic (exact) mass is 284 g/mol. The Balaban J connectivity index is 2.66. The lowest BCUT2D eigenvalue weighted by Gasteiger charge is -2.32. The summed E-state index contributed by atoms with van der Waals surface area (Å²) in [6.07, 6.45) is 0.475. The summed E-state index contributed by atoms with van der Waals surface area (Å²) in [6, 6.07) is 0. The van der Waals surface area contributed by atoms with Crippen LogP contribution in [0.15, 0.2) is 0 Å². The van der Waals surface area contributed by atoms with E-state index in [1.165, 1.54) is 0 Å². The van der Waals surface area contributed by atoms with Crippen molar-refractivity contribution in [3.8, 4) is 0 Å². The zero-order valence-electron chi connectivity index (χ0n) is 14.0. The second kappa shape index (κ2) is 6.90. The Morgan fingerprint density at radius 1 is 1.30 bits per heavy atom. The van der Waals surface area contributed by atoms with Crippen LogP contribution in [0, 0.1) is 11.8 Å². The van der Waals surface area contributed by atoms with Crippen LogP contribution in [-0.4, -0.2) is 58.6 Å². The highest BCUT2D eigenvalue weighted by Gasteiger charge is 2.36. The van der Waals surface area contributed by atoms with Crippen molar-refractivity contribution in [3.63, 3.8) is 0 Å². The molecule has 0 radical (unpaired) electrons. The Morgan fingerprint density at radius 2 is 1.90 bits per heavy atom. The van der Waals surface area contributed by atoms with E-state index in [1.54, 1.807) is 6.92 Å². The van der Waals surface area contributed by atoms with E-state index in [0.717, 1.165) is 26.1 Å². The van der Waals surface area contributed by atoms with Crippen LogP contribution in [0.4, 0.5) is 0 Å². The molecule has 1 rings (SSSR count). The first-order chi connectivity index (χ1) is 9.11. The molecule has 0 aromatic rings. The van der Waals surface area contributed by atoms with Crippen molar-refractivity contribution in [1.82, 2.24) is 9.80 Å². The Kier molecular flexibility index (Phi) is 6.02. The van der Waals surface area contributed by atoms with E-state index in [1.807, 2.05) is 4.90 Å². The number of likely N-dealkylation sites (tertiary alicyclic amines) is 1. The molecule has 0 saturated carbocycles. The Hall–Kier alpha value is -0.610. The molecule has 1 N–H and O–H groups in total. The number of amides is 1. The molecule has 0 bridgehead atoms. The quantitative estimate of drug-likeness (QED) is 0.839. The topological polar surface area (TPSA) is 43.8 Å². The Morgan fingerprint density at radius 3 is 2.30 bits per heavy atom. The molecule has 4 nitrogen and oxygen atoms in total. The minimum Gasteiger partial charge on any atom is -0.392 e. The molecule has 2 atom stereocenters. The van der Waals surface area contributed by atoms with E-state index in [9.17, 15) is 9.90 Å². The summed E-state index contributed by atoms with van der Waals surface area (Å²) in [5.41, 5.74) is 0.127. The first kappa shape index (κ1) is 17.4. The van der Waals surface area contributed by atoms with Crippen molar-refractivity contribution in [3.05, 3.63) is 0 Å². The van der Waals surface area contributed by atoms with Gasteiger partial charge in [-0.15, -0.1) is 0 Å². The normalized spacial score (nSPS) is 22.3. The van der Waals surface area contributed by atoms with Crippen molar-refractivity contribution in [2.45, 2.75) is 59.6 Å². The molecule has 4 heteroatoms. The average molecular weight is 284 g/mol. The van der Waals surface area contributed by atoms with Gasteiger partial charge in [-0.05, 0) is 46.6 Å². The molecule has 1 aliphatic rings. The summed E-state index contributed by atoms with van der Waals surface area (Å²) in [4.78, 5) is 16.9. The van der Waals surface area contributed by atoms with E-state index in [0.29, 0.717) is 12.5 Å². The second-order valence-electron chi connectivity index (χ2n) is 7.59. The summed E-state index contributed by atoms with van der Waals surface area (Å²) < 4.78 is 0. The average Bonchev–Trinajstić information content (AvgIpc) is 2.74. The molecule has 1 saturated heterocycles. The number of rotatable bonds is 5. The lowest BCUT2D eigenvalue weighted by atomic mass is 10.0. The van der Waals surface area contributed by atoms with Crippen molar-refractivity contribution in [1.29, 1.82) is 0 Å². The van der Waals surface area contributed by atoms with E-state index < -0.39 is 6.10 Å². The first-order valence-electron chi connectivity index (χ1n) is 7.83. The smallest absolute Gasteiger partial charge is 0.227 e. The van der Waals surface area contributed by atoms with Crippen molar-refractivity contribution >= 4 is 5.91 Å². The van der Waals surface area contributed by atoms with Gasteiger partial charge in [0, 0.05) is 25.2 Å². The highest BCUT2D eigenvalue weighted by molar-refractivity contribution is 5.79. The van der Waals surface area contributed by atoms with Gasteiger partial charge < -0.3 is 10.0 Å². The van der Waals surface area contributed by atoms with Crippen LogP contribution < -0.4 is 0 Å². The Labute approximate surface area is 124 Å². The number of hydrogen-bond acceptors (Lipinski definition) is 3. The fraction of sp³-hybridized carbons (Fsp3) is 0.938. The van der Waals surface area contributed by atoms with Crippen LogP contribution in [0.25, 0.3) is 0 Å². The van der Waals surface area contributed by atoms with Gasteiger partial charge in [0.2, 0.25) is 5.91 Å². The van der Waals surface area contributed by atoms with Crippen LogP contribution in [0.1, 0.15) is 48.0 Å². The van der Waals surface area contributed by atoms with Gasteiger partial charge in [-0.3, -0.25) is 9.69 Å². The Bertz CT molecular complexity index is 311. The predicted molar refractivity (Wildman–Crippen MR) is 82.5 cm³/mol. The lowest BCUT2D eigenvalue weighted by molar-refractivity contribution is -0.137. The van der Waals surface area contributed by atoms with Gasteiger partial charge in [0.25, 0.3) is 0 Å². The molecule has 0 aromatic heterocycles. The standard InChI is InChI=1S/C16H32N2O2/c1-12(2)9-17(10-13(3)19)15(20)14-7-8-18(11-14)16(4,5)6/h12-14,19H,7-11H2,1-6H3. The largest absolute Gasteiger partial charge is 0.392 e. The summed E-state index contributed by atoms with van der Waals surface area (Å²) in [5, 5.41) is 9.60. The van der Waals surface area contributed by atoms with Crippen LogP contribution >= 0.6 is 0 Å². The van der Waals surface area contributed by atoms with E-state index >= 15 is 0 Å². The number of aliphatic hydroxyl groups excluding tert-OH is 1. The molecule has 0 spiro atoms. The molecular formula is C16H32N2O2. The van der Waals surface area contributed by atoms with Crippen molar-refractivity contribution in [2.75, 3.05) is 26.2 Å². The van der Waals surface area contributed by atoms with Crippen LogP contribution in [0.3, 0.4) is 0 Å². The van der Waals surface area contributed by atoms with Crippen LogP contribution in [-0.2, 0) is 4.79 Å². The van der Waals surface area contributed by atoms with Crippen LogP contribution in [0.5, 0.6) is 0 Å². The lowest BCUT2D eigenvalue weighted by Crippen LogP contribution is -2.44. The molecule has 1 heterocycles. The summed E-state index contributed by atoms with van der Waals surface area (Å²) in [6.45, 7) is 15.6. The third-order valence-electron chi connectivity index (χ3n) is 3.87. The number of carbonyl (C=O) groups is 1. The molecular weight excluding hydrogens is 252 g/mol. The maximum absolute atomic E-state index is 12.7. The predicted octanol–water partition coefficient (Wildman–Crippen LogP) is 1.97. The molecule has 2 unspecified atom stereocenters. The summed E-state index contributed by atoms with van der Waals surface area (Å²) in [7, 11) is 0. The van der Waals surface area contributed by atoms with Gasteiger partial charge in [0.05, 0.1) is 12.0 Å². The molecule has 118 valence electrons. The zero-order chi connectivity index (χ0) is 15.5. The van der Waals surface area contributed by atoms with Gasteiger partial charge >= 0.3 is 0 Å². The molecule has 1 aliphatic heterocycles. The first-order valence-corrected chi connectivity index (χ1v) is 7.83. The fourth-order valence-corrected chi connectivity index (χ4v) is 2.84. The minimum absolute atomic E-state index is 0.0896. The number of aliphatic hydroxyl groups is 1. The molecule has 20 heavy (non-hydrogen) atoms. The van der Waals surface area contributed by atoms with Gasteiger partial charge in [-0.2, -0.15) is 0 Å². The highest BCUT2D eigenvalue weighted by Crippen LogP contribution is 2.26. The van der Waals surface area contributed by atoms with Gasteiger partial charge in [0.15, 0.2) is 0 Å². The summed E-state index contributed by atoms with van der Waals surface area (Å²) >= 11 is 0. The number of nitrogens with zero attached hydrogens (tertiary/aromatic N) is 2. The SMILES string of the molecule is CC(C)CN(CC(C)O)C(=O)C1CCN(C(C)(C)C)C1. The van der Waals surface area contributed by atoms with Gasteiger partial charge in [-0.1, -0.05) is 13.8 Å². The minimum atomic E-state index is -0.460. The van der Waals surface area contributed by atoms with Gasteiger partial charge in [-0.25, -0.2) is 0 Å². The van der Waals surface area contributed by atoms with E-state index in [-0.39, 0.29) is 17.4 Å². The maximum Gasteiger partial charge on any atom is 0.227 e.